The largest absolute Gasteiger partial charge is 0.381 e. The molecular weight excluding hydrogens is 334 g/mol. The number of fused-ring (bicyclic) bond motifs is 1. The van der Waals surface area contributed by atoms with Gasteiger partial charge in [0.2, 0.25) is 0 Å². The van der Waals surface area contributed by atoms with Crippen LogP contribution in [0.4, 0.5) is 0 Å². The van der Waals surface area contributed by atoms with Gasteiger partial charge in [-0.05, 0) is 29.7 Å². The lowest BCUT2D eigenvalue weighted by atomic mass is 9.83. The van der Waals surface area contributed by atoms with Gasteiger partial charge in [0.15, 0.2) is 9.84 Å². The fourth-order valence-electron chi connectivity index (χ4n) is 4.46. The van der Waals surface area contributed by atoms with Crippen molar-refractivity contribution in [2.24, 2.45) is 5.92 Å². The first-order valence-electron chi connectivity index (χ1n) is 9.05. The minimum Gasteiger partial charge on any atom is -0.381 e. The summed E-state index contributed by atoms with van der Waals surface area (Å²) in [6.07, 6.45) is 0.741. The lowest BCUT2D eigenvalue weighted by Crippen LogP contribution is -2.67. The van der Waals surface area contributed by atoms with Crippen LogP contribution < -0.4 is 0 Å². The van der Waals surface area contributed by atoms with Crippen LogP contribution in [0, 0.1) is 5.92 Å². The molecule has 2 saturated heterocycles. The molecule has 0 aliphatic carbocycles. The zero-order valence-corrected chi connectivity index (χ0v) is 15.5. The minimum atomic E-state index is -3.02. The van der Waals surface area contributed by atoms with Gasteiger partial charge in [-0.25, -0.2) is 8.42 Å². The SMILES string of the molecule is CCOCC1CCS(=O)(=O)C12CN(Cc1cccc3ccccc13)C2. The molecule has 5 heteroatoms. The molecule has 1 atom stereocenters. The standard InChI is InChI=1S/C20H25NO3S/c1-2-24-13-18-10-11-25(22,23)20(18)14-21(15-20)12-17-8-5-7-16-6-3-4-9-19(16)17/h3-9,18H,2,10-15H2,1H3. The highest BCUT2D eigenvalue weighted by Crippen LogP contribution is 2.45. The van der Waals surface area contributed by atoms with Gasteiger partial charge in [0.1, 0.15) is 4.75 Å². The second-order valence-electron chi connectivity index (χ2n) is 7.31. The lowest BCUT2D eigenvalue weighted by Gasteiger charge is -2.50. The molecule has 4 nitrogen and oxygen atoms in total. The minimum absolute atomic E-state index is 0.140. The molecule has 0 amide bonds. The molecule has 2 heterocycles. The highest BCUT2D eigenvalue weighted by Gasteiger charge is 2.61. The van der Waals surface area contributed by atoms with Gasteiger partial charge in [0.05, 0.1) is 12.4 Å². The van der Waals surface area contributed by atoms with Crippen molar-refractivity contribution in [3.05, 3.63) is 48.0 Å². The molecule has 2 aliphatic heterocycles. The Morgan fingerprint density at radius 3 is 2.72 bits per heavy atom. The quantitative estimate of drug-likeness (QED) is 0.824. The van der Waals surface area contributed by atoms with Crippen LogP contribution in [0.1, 0.15) is 18.9 Å². The smallest absolute Gasteiger partial charge is 0.158 e. The third-order valence-electron chi connectivity index (χ3n) is 5.88. The number of sulfone groups is 1. The topological polar surface area (TPSA) is 46.6 Å². The number of rotatable bonds is 5. The molecule has 0 radical (unpaired) electrons. The van der Waals surface area contributed by atoms with E-state index in [1.807, 2.05) is 13.0 Å². The maximum Gasteiger partial charge on any atom is 0.158 e. The molecule has 2 aliphatic rings. The van der Waals surface area contributed by atoms with E-state index in [-0.39, 0.29) is 5.92 Å². The molecule has 25 heavy (non-hydrogen) atoms. The Kier molecular flexibility index (Phi) is 4.34. The summed E-state index contributed by atoms with van der Waals surface area (Å²) in [4.78, 5) is 2.27. The van der Waals surface area contributed by atoms with Crippen LogP contribution in [-0.4, -0.2) is 50.1 Å². The monoisotopic (exact) mass is 359 g/mol. The number of hydrogen-bond acceptors (Lipinski definition) is 4. The van der Waals surface area contributed by atoms with E-state index >= 15 is 0 Å². The molecule has 4 rings (SSSR count). The van der Waals surface area contributed by atoms with Gasteiger partial charge >= 0.3 is 0 Å². The van der Waals surface area contributed by atoms with Gasteiger partial charge in [0.25, 0.3) is 0 Å². The van der Waals surface area contributed by atoms with Crippen LogP contribution in [-0.2, 0) is 21.1 Å². The van der Waals surface area contributed by atoms with E-state index in [1.54, 1.807) is 0 Å². The predicted octanol–water partition coefficient (Wildman–Crippen LogP) is 2.87. The number of benzene rings is 2. The summed E-state index contributed by atoms with van der Waals surface area (Å²) in [6.45, 7) is 5.25. The van der Waals surface area contributed by atoms with Crippen molar-refractivity contribution >= 4 is 20.6 Å². The maximum atomic E-state index is 12.7. The number of hydrogen-bond donors (Lipinski definition) is 0. The molecule has 134 valence electrons. The Morgan fingerprint density at radius 2 is 1.92 bits per heavy atom. The zero-order chi connectivity index (χ0) is 17.5. The number of likely N-dealkylation sites (tertiary alicyclic amines) is 1. The van der Waals surface area contributed by atoms with Crippen LogP contribution in [0.25, 0.3) is 10.8 Å². The van der Waals surface area contributed by atoms with E-state index in [1.165, 1.54) is 16.3 Å². The van der Waals surface area contributed by atoms with Crippen molar-refractivity contribution in [1.29, 1.82) is 0 Å². The third-order valence-corrected chi connectivity index (χ3v) is 8.48. The Balaban J connectivity index is 1.52. The Labute approximate surface area is 149 Å². The first kappa shape index (κ1) is 17.0. The molecule has 0 aromatic heterocycles. The van der Waals surface area contributed by atoms with Crippen molar-refractivity contribution in [2.75, 3.05) is 32.1 Å². The molecule has 0 saturated carbocycles. The van der Waals surface area contributed by atoms with E-state index in [2.05, 4.69) is 41.3 Å². The van der Waals surface area contributed by atoms with E-state index < -0.39 is 14.6 Å². The molecular formula is C20H25NO3S. The molecule has 1 spiro atoms. The Hall–Kier alpha value is -1.43. The fourth-order valence-corrected chi connectivity index (χ4v) is 6.92. The van der Waals surface area contributed by atoms with E-state index in [0.717, 1.165) is 13.0 Å². The molecule has 2 fully saturated rings. The summed E-state index contributed by atoms with van der Waals surface area (Å²) in [5.41, 5.74) is 1.27. The molecule has 0 bridgehead atoms. The van der Waals surface area contributed by atoms with Gasteiger partial charge in [-0.1, -0.05) is 42.5 Å². The molecule has 1 unspecified atom stereocenters. The first-order valence-corrected chi connectivity index (χ1v) is 10.7. The van der Waals surface area contributed by atoms with Crippen molar-refractivity contribution in [1.82, 2.24) is 4.90 Å². The normalized spacial score (nSPS) is 24.6. The predicted molar refractivity (Wildman–Crippen MR) is 100 cm³/mol. The summed E-state index contributed by atoms with van der Waals surface area (Å²) in [6, 6.07) is 14.7. The van der Waals surface area contributed by atoms with Crippen molar-refractivity contribution in [3.8, 4) is 0 Å². The summed E-state index contributed by atoms with van der Waals surface area (Å²) >= 11 is 0. The van der Waals surface area contributed by atoms with Crippen molar-refractivity contribution in [2.45, 2.75) is 24.6 Å². The van der Waals surface area contributed by atoms with Gasteiger partial charge in [-0.2, -0.15) is 0 Å². The van der Waals surface area contributed by atoms with Crippen LogP contribution in [0.3, 0.4) is 0 Å². The number of nitrogens with zero attached hydrogens (tertiary/aromatic N) is 1. The average Bonchev–Trinajstić information content (AvgIpc) is 2.84. The van der Waals surface area contributed by atoms with Gasteiger partial charge in [-0.3, -0.25) is 4.90 Å². The van der Waals surface area contributed by atoms with Crippen molar-refractivity contribution in [3.63, 3.8) is 0 Å². The zero-order valence-electron chi connectivity index (χ0n) is 14.6. The molecule has 2 aromatic rings. The highest BCUT2D eigenvalue weighted by molar-refractivity contribution is 7.93. The maximum absolute atomic E-state index is 12.7. The Bertz CT molecular complexity index is 866. The van der Waals surface area contributed by atoms with Gasteiger partial charge in [-0.15, -0.1) is 0 Å². The van der Waals surface area contributed by atoms with E-state index in [0.29, 0.717) is 32.1 Å². The van der Waals surface area contributed by atoms with Crippen LogP contribution in [0.2, 0.25) is 0 Å². The summed E-state index contributed by atoms with van der Waals surface area (Å²) in [5, 5.41) is 2.49. The van der Waals surface area contributed by atoms with Gasteiger partial charge in [0, 0.05) is 32.2 Å². The van der Waals surface area contributed by atoms with Crippen LogP contribution >= 0.6 is 0 Å². The van der Waals surface area contributed by atoms with E-state index in [4.69, 9.17) is 4.74 Å². The molecule has 2 aromatic carbocycles. The van der Waals surface area contributed by atoms with Crippen LogP contribution in [0.5, 0.6) is 0 Å². The summed E-state index contributed by atoms with van der Waals surface area (Å²) < 4.78 is 30.3. The number of ether oxygens (including phenoxy) is 1. The average molecular weight is 359 g/mol. The molecule has 0 N–H and O–H groups in total. The van der Waals surface area contributed by atoms with Gasteiger partial charge < -0.3 is 4.74 Å². The Morgan fingerprint density at radius 1 is 1.16 bits per heavy atom. The first-order chi connectivity index (χ1) is 12.1. The van der Waals surface area contributed by atoms with Crippen molar-refractivity contribution < 1.29 is 13.2 Å². The fraction of sp³-hybridized carbons (Fsp3) is 0.500. The lowest BCUT2D eigenvalue weighted by molar-refractivity contribution is 0.0294. The summed E-state index contributed by atoms with van der Waals surface area (Å²) in [7, 11) is -3.02. The van der Waals surface area contributed by atoms with Crippen LogP contribution in [0.15, 0.2) is 42.5 Å². The second-order valence-corrected chi connectivity index (χ2v) is 9.76. The third kappa shape index (κ3) is 2.78. The van der Waals surface area contributed by atoms with E-state index in [9.17, 15) is 8.42 Å². The summed E-state index contributed by atoms with van der Waals surface area (Å²) in [5.74, 6) is 0.452. The second kappa shape index (κ2) is 6.38. The highest BCUT2D eigenvalue weighted by atomic mass is 32.2.